The van der Waals surface area contributed by atoms with Gasteiger partial charge < -0.3 is 14.8 Å². The fourth-order valence-electron chi connectivity index (χ4n) is 1.30. The number of carbonyl (C=O) groups is 2. The molecule has 17 heavy (non-hydrogen) atoms. The third-order valence-electron chi connectivity index (χ3n) is 2.00. The first kappa shape index (κ1) is 11.5. The summed E-state index contributed by atoms with van der Waals surface area (Å²) in [6, 6.07) is 4.27. The van der Waals surface area contributed by atoms with Crippen LogP contribution in [-0.4, -0.2) is 24.6 Å². The quantitative estimate of drug-likeness (QED) is 0.782. The van der Waals surface area contributed by atoms with E-state index in [1.54, 1.807) is 18.2 Å². The molecule has 2 N–H and O–H groups in total. The van der Waals surface area contributed by atoms with Gasteiger partial charge in [-0.15, -0.1) is 11.6 Å². The lowest BCUT2D eigenvalue weighted by atomic mass is 10.3. The Morgan fingerprint density at radius 3 is 2.82 bits per heavy atom. The lowest BCUT2D eigenvalue weighted by Gasteiger charge is -2.06. The van der Waals surface area contributed by atoms with Crippen LogP contribution >= 0.6 is 11.6 Å². The number of ether oxygens (including phenoxy) is 2. The molecular formula is C10H9ClN2O4. The molecule has 0 spiro atoms. The molecule has 0 aromatic heterocycles. The molecule has 1 aliphatic heterocycles. The van der Waals surface area contributed by atoms with Gasteiger partial charge in [-0.25, -0.2) is 4.79 Å². The van der Waals surface area contributed by atoms with Crippen LogP contribution in [0.3, 0.4) is 0 Å². The summed E-state index contributed by atoms with van der Waals surface area (Å²) in [6.07, 6.45) is 0. The van der Waals surface area contributed by atoms with Crippen molar-refractivity contribution in [1.82, 2.24) is 5.32 Å². The van der Waals surface area contributed by atoms with Crippen molar-refractivity contribution in [3.8, 4) is 11.5 Å². The molecule has 0 unspecified atom stereocenters. The Bertz CT molecular complexity index is 464. The molecule has 0 aliphatic carbocycles. The number of imide groups is 1. The summed E-state index contributed by atoms with van der Waals surface area (Å²) in [6.45, 7) is 0.162. The summed E-state index contributed by atoms with van der Waals surface area (Å²) in [5.41, 5.74) is 0.495. The average Bonchev–Trinajstić information content (AvgIpc) is 2.75. The Morgan fingerprint density at radius 2 is 2.06 bits per heavy atom. The highest BCUT2D eigenvalue weighted by Crippen LogP contribution is 2.34. The number of anilines is 1. The van der Waals surface area contributed by atoms with Crippen LogP contribution in [0.1, 0.15) is 0 Å². The molecule has 0 radical (unpaired) electrons. The molecule has 1 aromatic carbocycles. The zero-order valence-corrected chi connectivity index (χ0v) is 9.41. The van der Waals surface area contributed by atoms with E-state index in [4.69, 9.17) is 21.1 Å². The molecule has 0 saturated carbocycles. The molecule has 1 heterocycles. The number of hydrogen-bond donors (Lipinski definition) is 2. The van der Waals surface area contributed by atoms with Gasteiger partial charge in [-0.3, -0.25) is 10.1 Å². The normalized spacial score (nSPS) is 12.1. The molecule has 6 nitrogen and oxygen atoms in total. The zero-order valence-electron chi connectivity index (χ0n) is 8.66. The van der Waals surface area contributed by atoms with Crippen molar-refractivity contribution in [2.75, 3.05) is 18.0 Å². The first-order valence-electron chi connectivity index (χ1n) is 4.75. The summed E-state index contributed by atoms with van der Waals surface area (Å²) in [5.74, 6) is 0.332. The van der Waals surface area contributed by atoms with Gasteiger partial charge in [0.15, 0.2) is 11.5 Å². The lowest BCUT2D eigenvalue weighted by molar-refractivity contribution is -0.117. The molecule has 7 heteroatoms. The molecule has 0 saturated heterocycles. The van der Waals surface area contributed by atoms with Crippen LogP contribution in [0.25, 0.3) is 0 Å². The van der Waals surface area contributed by atoms with E-state index in [9.17, 15) is 9.59 Å². The molecule has 0 atom stereocenters. The van der Waals surface area contributed by atoms with Gasteiger partial charge in [0.2, 0.25) is 12.7 Å². The number of hydrogen-bond acceptors (Lipinski definition) is 4. The maximum absolute atomic E-state index is 11.3. The van der Waals surface area contributed by atoms with E-state index in [0.717, 1.165) is 0 Å². The molecule has 3 amide bonds. The van der Waals surface area contributed by atoms with Crippen molar-refractivity contribution >= 4 is 29.2 Å². The summed E-state index contributed by atoms with van der Waals surface area (Å²) in [4.78, 5) is 22.2. The number of rotatable bonds is 2. The third kappa shape index (κ3) is 2.79. The monoisotopic (exact) mass is 256 g/mol. The molecule has 90 valence electrons. The predicted octanol–water partition coefficient (Wildman–Crippen LogP) is 1.30. The SMILES string of the molecule is O=C(CCl)NC(=O)Nc1ccc2c(c1)OCO2. The van der Waals surface area contributed by atoms with E-state index < -0.39 is 11.9 Å². The highest BCUT2D eigenvalue weighted by atomic mass is 35.5. The average molecular weight is 257 g/mol. The van der Waals surface area contributed by atoms with E-state index >= 15 is 0 Å². The van der Waals surface area contributed by atoms with Crippen LogP contribution in [-0.2, 0) is 4.79 Å². The topological polar surface area (TPSA) is 76.7 Å². The van der Waals surface area contributed by atoms with Crippen molar-refractivity contribution in [1.29, 1.82) is 0 Å². The first-order valence-corrected chi connectivity index (χ1v) is 5.29. The third-order valence-corrected chi connectivity index (χ3v) is 2.25. The second kappa shape index (κ2) is 4.92. The largest absolute Gasteiger partial charge is 0.454 e. The number of urea groups is 1. The molecule has 2 rings (SSSR count). The van der Waals surface area contributed by atoms with E-state index in [-0.39, 0.29) is 12.7 Å². The van der Waals surface area contributed by atoms with E-state index in [2.05, 4.69) is 10.6 Å². The van der Waals surface area contributed by atoms with Gasteiger partial charge in [0.05, 0.1) is 0 Å². The van der Waals surface area contributed by atoms with E-state index in [1.165, 1.54) is 0 Å². The van der Waals surface area contributed by atoms with Gasteiger partial charge in [-0.1, -0.05) is 0 Å². The van der Waals surface area contributed by atoms with Crippen LogP contribution in [0.2, 0.25) is 0 Å². The fraction of sp³-hybridized carbons (Fsp3) is 0.200. The van der Waals surface area contributed by atoms with Crippen molar-refractivity contribution in [3.05, 3.63) is 18.2 Å². The van der Waals surface area contributed by atoms with E-state index in [1.807, 2.05) is 0 Å². The Balaban J connectivity index is 1.99. The maximum atomic E-state index is 11.3. The minimum Gasteiger partial charge on any atom is -0.454 e. The van der Waals surface area contributed by atoms with E-state index in [0.29, 0.717) is 17.2 Å². The van der Waals surface area contributed by atoms with Gasteiger partial charge >= 0.3 is 6.03 Å². The van der Waals surface area contributed by atoms with Crippen LogP contribution in [0.15, 0.2) is 18.2 Å². The van der Waals surface area contributed by atoms with Gasteiger partial charge in [0, 0.05) is 11.8 Å². The van der Waals surface area contributed by atoms with Gasteiger partial charge in [-0.05, 0) is 12.1 Å². The second-order valence-electron chi connectivity index (χ2n) is 3.20. The summed E-state index contributed by atoms with van der Waals surface area (Å²) in [5, 5.41) is 4.52. The van der Waals surface area contributed by atoms with Crippen LogP contribution in [0, 0.1) is 0 Å². The van der Waals surface area contributed by atoms with Crippen molar-refractivity contribution in [2.24, 2.45) is 0 Å². The van der Waals surface area contributed by atoms with Gasteiger partial charge in [0.25, 0.3) is 0 Å². The highest BCUT2D eigenvalue weighted by Gasteiger charge is 2.14. The maximum Gasteiger partial charge on any atom is 0.325 e. The Kier molecular flexibility index (Phi) is 3.34. The number of benzene rings is 1. The van der Waals surface area contributed by atoms with Crippen LogP contribution in [0.4, 0.5) is 10.5 Å². The Labute approximate surface area is 102 Å². The Morgan fingerprint density at radius 1 is 1.29 bits per heavy atom. The van der Waals surface area contributed by atoms with Gasteiger partial charge in [0.1, 0.15) is 5.88 Å². The standard InChI is InChI=1S/C10H9ClN2O4/c11-4-9(14)13-10(15)12-6-1-2-7-8(3-6)17-5-16-7/h1-3H,4-5H2,(H2,12,13,14,15). The minimum absolute atomic E-state index is 0.162. The highest BCUT2D eigenvalue weighted by molar-refractivity contribution is 6.28. The molecular weight excluding hydrogens is 248 g/mol. The molecule has 1 aromatic rings. The van der Waals surface area contributed by atoms with Crippen molar-refractivity contribution in [2.45, 2.75) is 0 Å². The zero-order chi connectivity index (χ0) is 12.3. The van der Waals surface area contributed by atoms with Crippen LogP contribution < -0.4 is 20.1 Å². The summed E-state index contributed by atoms with van der Waals surface area (Å²) in [7, 11) is 0. The number of alkyl halides is 1. The van der Waals surface area contributed by atoms with Crippen molar-refractivity contribution in [3.63, 3.8) is 0 Å². The number of halogens is 1. The lowest BCUT2D eigenvalue weighted by Crippen LogP contribution is -2.35. The first-order chi connectivity index (χ1) is 8.19. The molecule has 0 fully saturated rings. The van der Waals surface area contributed by atoms with Crippen molar-refractivity contribution < 1.29 is 19.1 Å². The summed E-state index contributed by atoms with van der Waals surface area (Å²) < 4.78 is 10.3. The Hall–Kier alpha value is -1.95. The predicted molar refractivity (Wildman–Crippen MR) is 60.4 cm³/mol. The molecule has 1 aliphatic rings. The summed E-state index contributed by atoms with van der Waals surface area (Å²) >= 11 is 5.25. The molecule has 0 bridgehead atoms. The smallest absolute Gasteiger partial charge is 0.325 e. The number of fused-ring (bicyclic) bond motifs is 1. The van der Waals surface area contributed by atoms with Gasteiger partial charge in [-0.2, -0.15) is 0 Å². The number of amides is 3. The van der Waals surface area contributed by atoms with Crippen LogP contribution in [0.5, 0.6) is 11.5 Å². The minimum atomic E-state index is -0.644. The number of nitrogens with one attached hydrogen (secondary N) is 2. The number of carbonyl (C=O) groups excluding carboxylic acids is 2. The second-order valence-corrected chi connectivity index (χ2v) is 3.47. The fourth-order valence-corrected chi connectivity index (χ4v) is 1.36.